The van der Waals surface area contributed by atoms with Gasteiger partial charge in [-0.05, 0) is 25.0 Å². The predicted octanol–water partition coefficient (Wildman–Crippen LogP) is 1.93. The third kappa shape index (κ3) is 3.64. The van der Waals surface area contributed by atoms with Crippen LogP contribution in [0.15, 0.2) is 30.7 Å². The zero-order chi connectivity index (χ0) is 19.7. The molecule has 1 N–H and O–H groups in total. The number of carbonyl (C=O) groups excluding carboxylic acids is 1. The number of rotatable bonds is 3. The van der Waals surface area contributed by atoms with Gasteiger partial charge >= 0.3 is 0 Å². The fraction of sp³-hybridized carbons (Fsp3) is 0.474. The summed E-state index contributed by atoms with van der Waals surface area (Å²) in [6.07, 6.45) is 6.32. The Labute approximate surface area is 163 Å². The minimum absolute atomic E-state index is 0.0644. The van der Waals surface area contributed by atoms with Gasteiger partial charge in [0.15, 0.2) is 11.5 Å². The molecule has 146 valence electrons. The topological polar surface area (TPSA) is 101 Å². The van der Waals surface area contributed by atoms with Crippen LogP contribution in [0.4, 0.5) is 5.82 Å². The lowest BCUT2D eigenvalue weighted by Gasteiger charge is -2.32. The third-order valence-electron chi connectivity index (χ3n) is 4.85. The molecule has 3 aromatic heterocycles. The largest absolute Gasteiger partial charge is 0.366 e. The molecule has 0 saturated carbocycles. The third-order valence-corrected chi connectivity index (χ3v) is 4.85. The average Bonchev–Trinajstić information content (AvgIpc) is 3.12. The Morgan fingerprint density at radius 2 is 1.93 bits per heavy atom. The van der Waals surface area contributed by atoms with Gasteiger partial charge in [0.2, 0.25) is 0 Å². The first kappa shape index (κ1) is 18.3. The van der Waals surface area contributed by atoms with Gasteiger partial charge in [0, 0.05) is 36.9 Å². The Kier molecular flexibility index (Phi) is 4.66. The molecule has 1 aliphatic heterocycles. The van der Waals surface area contributed by atoms with E-state index in [1.54, 1.807) is 16.9 Å². The molecule has 4 rings (SSSR count). The summed E-state index contributed by atoms with van der Waals surface area (Å²) in [5, 5.41) is 16.6. The molecule has 0 atom stereocenters. The molecule has 3 aromatic rings. The highest BCUT2D eigenvalue weighted by Gasteiger charge is 2.25. The number of nitrogens with one attached hydrogen (secondary N) is 1. The number of carbonyl (C=O) groups is 1. The lowest BCUT2D eigenvalue weighted by Crippen LogP contribution is -2.42. The average molecular weight is 380 g/mol. The van der Waals surface area contributed by atoms with E-state index in [4.69, 9.17) is 0 Å². The first-order valence-electron chi connectivity index (χ1n) is 9.46. The fourth-order valence-corrected chi connectivity index (χ4v) is 3.34. The molecule has 1 aliphatic rings. The normalized spacial score (nSPS) is 15.8. The van der Waals surface area contributed by atoms with Gasteiger partial charge in [-0.25, -0.2) is 4.98 Å². The smallest absolute Gasteiger partial charge is 0.274 e. The van der Waals surface area contributed by atoms with Gasteiger partial charge in [-0.3, -0.25) is 9.78 Å². The van der Waals surface area contributed by atoms with Gasteiger partial charge < -0.3 is 10.2 Å². The number of nitrogens with zero attached hydrogens (tertiary/aromatic N) is 7. The lowest BCUT2D eigenvalue weighted by molar-refractivity contribution is 0.0712. The summed E-state index contributed by atoms with van der Waals surface area (Å²) >= 11 is 0. The number of amides is 1. The number of aromatic nitrogens is 6. The Balaban J connectivity index is 1.42. The van der Waals surface area contributed by atoms with Gasteiger partial charge in [0.1, 0.15) is 11.5 Å². The van der Waals surface area contributed by atoms with Gasteiger partial charge in [-0.2, -0.15) is 4.52 Å². The molecule has 1 saturated heterocycles. The fourth-order valence-electron chi connectivity index (χ4n) is 3.34. The quantitative estimate of drug-likeness (QED) is 0.741. The number of anilines is 1. The second-order valence-corrected chi connectivity index (χ2v) is 8.06. The van der Waals surface area contributed by atoms with E-state index < -0.39 is 0 Å². The predicted molar refractivity (Wildman–Crippen MR) is 104 cm³/mol. The van der Waals surface area contributed by atoms with Crippen molar-refractivity contribution in [2.24, 2.45) is 0 Å². The lowest BCUT2D eigenvalue weighted by atomic mass is 9.96. The molecule has 1 fully saturated rings. The van der Waals surface area contributed by atoms with Gasteiger partial charge in [0.25, 0.3) is 5.91 Å². The highest BCUT2D eigenvalue weighted by molar-refractivity contribution is 5.92. The maximum atomic E-state index is 12.5. The van der Waals surface area contributed by atoms with Crippen LogP contribution >= 0.6 is 0 Å². The van der Waals surface area contributed by atoms with Crippen molar-refractivity contribution in [2.45, 2.75) is 45.1 Å². The van der Waals surface area contributed by atoms with Crippen molar-refractivity contribution in [1.82, 2.24) is 34.7 Å². The van der Waals surface area contributed by atoms with Crippen LogP contribution < -0.4 is 5.32 Å². The van der Waals surface area contributed by atoms with Gasteiger partial charge in [-0.1, -0.05) is 20.8 Å². The molecule has 0 unspecified atom stereocenters. The minimum Gasteiger partial charge on any atom is -0.366 e. The monoisotopic (exact) mass is 380 g/mol. The molecule has 1 amide bonds. The highest BCUT2D eigenvalue weighted by Crippen LogP contribution is 2.22. The summed E-state index contributed by atoms with van der Waals surface area (Å²) in [5.41, 5.74) is 0.986. The van der Waals surface area contributed by atoms with Crippen molar-refractivity contribution in [3.8, 4) is 0 Å². The Morgan fingerprint density at radius 3 is 2.61 bits per heavy atom. The van der Waals surface area contributed by atoms with E-state index in [0.717, 1.165) is 30.1 Å². The maximum Gasteiger partial charge on any atom is 0.274 e. The maximum absolute atomic E-state index is 12.5. The Morgan fingerprint density at radius 1 is 1.14 bits per heavy atom. The molecule has 9 heteroatoms. The molecule has 0 bridgehead atoms. The molecule has 0 aromatic carbocycles. The van der Waals surface area contributed by atoms with Crippen LogP contribution in [0.25, 0.3) is 5.65 Å². The van der Waals surface area contributed by atoms with Crippen LogP contribution in [-0.4, -0.2) is 59.7 Å². The second kappa shape index (κ2) is 7.14. The number of piperidine rings is 1. The Hall–Kier alpha value is -3.10. The number of hydrogen-bond acceptors (Lipinski definition) is 7. The molecular weight excluding hydrogens is 356 g/mol. The van der Waals surface area contributed by atoms with Crippen molar-refractivity contribution in [3.63, 3.8) is 0 Å². The second-order valence-electron chi connectivity index (χ2n) is 8.06. The summed E-state index contributed by atoms with van der Waals surface area (Å²) in [5.74, 6) is 1.55. The number of hydrogen-bond donors (Lipinski definition) is 1. The van der Waals surface area contributed by atoms with E-state index in [0.29, 0.717) is 18.8 Å². The Bertz CT molecular complexity index is 971. The first-order chi connectivity index (χ1) is 13.4. The first-order valence-corrected chi connectivity index (χ1v) is 9.46. The molecule has 0 radical (unpaired) electrons. The molecular formula is C19H24N8O. The molecule has 9 nitrogen and oxygen atoms in total. The van der Waals surface area contributed by atoms with Gasteiger partial charge in [-0.15, -0.1) is 15.3 Å². The summed E-state index contributed by atoms with van der Waals surface area (Å²) in [6, 6.07) is 4.10. The van der Waals surface area contributed by atoms with Crippen LogP contribution in [0.1, 0.15) is 49.9 Å². The van der Waals surface area contributed by atoms with Gasteiger partial charge in [0.05, 0.1) is 6.20 Å². The number of fused-ring (bicyclic) bond motifs is 1. The summed E-state index contributed by atoms with van der Waals surface area (Å²) in [6.45, 7) is 7.63. The SMILES string of the molecule is CC(C)(C)c1nnc2ccc(NC3CCN(C(=O)c4cnccn4)CC3)nn12. The minimum atomic E-state index is -0.142. The molecule has 28 heavy (non-hydrogen) atoms. The zero-order valence-corrected chi connectivity index (χ0v) is 16.3. The van der Waals surface area contributed by atoms with Crippen molar-refractivity contribution < 1.29 is 4.79 Å². The van der Waals surface area contributed by atoms with E-state index in [1.807, 2.05) is 17.0 Å². The van der Waals surface area contributed by atoms with E-state index in [1.165, 1.54) is 6.20 Å². The summed E-state index contributed by atoms with van der Waals surface area (Å²) < 4.78 is 1.80. The van der Waals surface area contributed by atoms with Crippen molar-refractivity contribution >= 4 is 17.4 Å². The van der Waals surface area contributed by atoms with E-state index in [-0.39, 0.29) is 17.4 Å². The van der Waals surface area contributed by atoms with E-state index in [2.05, 4.69) is 51.4 Å². The summed E-state index contributed by atoms with van der Waals surface area (Å²) in [7, 11) is 0. The zero-order valence-electron chi connectivity index (χ0n) is 16.3. The van der Waals surface area contributed by atoms with Crippen LogP contribution in [0.2, 0.25) is 0 Å². The van der Waals surface area contributed by atoms with Crippen LogP contribution in [0, 0.1) is 0 Å². The molecule has 4 heterocycles. The van der Waals surface area contributed by atoms with Crippen molar-refractivity contribution in [2.75, 3.05) is 18.4 Å². The highest BCUT2D eigenvalue weighted by atomic mass is 16.2. The van der Waals surface area contributed by atoms with Crippen molar-refractivity contribution in [1.29, 1.82) is 0 Å². The van der Waals surface area contributed by atoms with E-state index >= 15 is 0 Å². The number of likely N-dealkylation sites (tertiary alicyclic amines) is 1. The van der Waals surface area contributed by atoms with Crippen molar-refractivity contribution in [3.05, 3.63) is 42.2 Å². The van der Waals surface area contributed by atoms with E-state index in [9.17, 15) is 4.79 Å². The molecule has 0 aliphatic carbocycles. The summed E-state index contributed by atoms with van der Waals surface area (Å²) in [4.78, 5) is 22.4. The van der Waals surface area contributed by atoms with Crippen LogP contribution in [-0.2, 0) is 5.41 Å². The van der Waals surface area contributed by atoms with Crippen LogP contribution in [0.3, 0.4) is 0 Å². The van der Waals surface area contributed by atoms with Crippen LogP contribution in [0.5, 0.6) is 0 Å². The standard InChI is InChI=1S/C19H24N8O/c1-19(2,3)18-24-23-16-5-4-15(25-27(16)18)22-13-6-10-26(11-7-13)17(28)14-12-20-8-9-21-14/h4-5,8-9,12-13H,6-7,10-11H2,1-3H3,(H,22,25). The molecule has 0 spiro atoms.